The lowest BCUT2D eigenvalue weighted by atomic mass is 10.1. The second-order valence-electron chi connectivity index (χ2n) is 5.76. The van der Waals surface area contributed by atoms with Crippen LogP contribution < -0.4 is 4.90 Å². The van der Waals surface area contributed by atoms with Crippen molar-refractivity contribution in [2.24, 2.45) is 0 Å². The van der Waals surface area contributed by atoms with Gasteiger partial charge in [0.1, 0.15) is 6.10 Å². The summed E-state index contributed by atoms with van der Waals surface area (Å²) in [6.07, 6.45) is 11.6. The van der Waals surface area contributed by atoms with Crippen LogP contribution in [0.5, 0.6) is 0 Å². The molecule has 0 amide bonds. The SMILES string of the molecule is c1cnc(-c2cnc(N3CCCC3)nc2[C@@H]2CCCO2)cn1. The van der Waals surface area contributed by atoms with Gasteiger partial charge in [-0.1, -0.05) is 0 Å². The third-order valence-corrected chi connectivity index (χ3v) is 4.27. The molecule has 2 saturated heterocycles. The van der Waals surface area contributed by atoms with E-state index in [1.54, 1.807) is 18.6 Å². The van der Waals surface area contributed by atoms with E-state index < -0.39 is 0 Å². The van der Waals surface area contributed by atoms with Gasteiger partial charge in [-0.05, 0) is 25.7 Å². The van der Waals surface area contributed by atoms with E-state index in [2.05, 4.69) is 19.9 Å². The lowest BCUT2D eigenvalue weighted by Gasteiger charge is -2.19. The van der Waals surface area contributed by atoms with Crippen molar-refractivity contribution in [1.82, 2.24) is 19.9 Å². The summed E-state index contributed by atoms with van der Waals surface area (Å²) in [4.78, 5) is 20.2. The molecule has 0 unspecified atom stereocenters. The van der Waals surface area contributed by atoms with Crippen molar-refractivity contribution in [1.29, 1.82) is 0 Å². The van der Waals surface area contributed by atoms with Gasteiger partial charge >= 0.3 is 0 Å². The van der Waals surface area contributed by atoms with Gasteiger partial charge in [0.2, 0.25) is 5.95 Å². The maximum absolute atomic E-state index is 5.86. The Bertz CT molecular complexity index is 636. The Kier molecular flexibility index (Phi) is 3.68. The molecule has 0 aromatic carbocycles. The van der Waals surface area contributed by atoms with Crippen LogP contribution in [0.4, 0.5) is 5.95 Å². The number of rotatable bonds is 3. The molecule has 2 aromatic heterocycles. The van der Waals surface area contributed by atoms with Crippen molar-refractivity contribution in [3.63, 3.8) is 0 Å². The van der Waals surface area contributed by atoms with Gasteiger partial charge in [0, 0.05) is 43.9 Å². The van der Waals surface area contributed by atoms with Crippen molar-refractivity contribution in [3.8, 4) is 11.3 Å². The zero-order valence-corrected chi connectivity index (χ0v) is 12.5. The molecule has 0 bridgehead atoms. The maximum atomic E-state index is 5.86. The van der Waals surface area contributed by atoms with Crippen LogP contribution in [-0.4, -0.2) is 39.6 Å². The minimum atomic E-state index is 0.0429. The number of hydrogen-bond acceptors (Lipinski definition) is 6. The minimum Gasteiger partial charge on any atom is -0.372 e. The van der Waals surface area contributed by atoms with E-state index in [1.807, 2.05) is 6.20 Å². The summed E-state index contributed by atoms with van der Waals surface area (Å²) in [5.41, 5.74) is 2.69. The number of aromatic nitrogens is 4. The first-order chi connectivity index (χ1) is 10.9. The minimum absolute atomic E-state index is 0.0429. The van der Waals surface area contributed by atoms with E-state index in [0.29, 0.717) is 0 Å². The van der Waals surface area contributed by atoms with Gasteiger partial charge in [0.25, 0.3) is 0 Å². The molecule has 6 heteroatoms. The van der Waals surface area contributed by atoms with Crippen LogP contribution in [0.1, 0.15) is 37.5 Å². The third kappa shape index (κ3) is 2.54. The molecule has 1 atom stereocenters. The molecule has 2 aromatic rings. The molecule has 22 heavy (non-hydrogen) atoms. The Morgan fingerprint density at radius 3 is 2.68 bits per heavy atom. The molecule has 0 saturated carbocycles. The van der Waals surface area contributed by atoms with E-state index in [9.17, 15) is 0 Å². The van der Waals surface area contributed by atoms with Gasteiger partial charge in [0.05, 0.1) is 17.6 Å². The molecule has 0 aliphatic carbocycles. The summed E-state index contributed by atoms with van der Waals surface area (Å²) >= 11 is 0. The molecule has 2 aliphatic heterocycles. The maximum Gasteiger partial charge on any atom is 0.225 e. The van der Waals surface area contributed by atoms with Gasteiger partial charge in [-0.15, -0.1) is 0 Å². The predicted octanol–water partition coefficient (Wildman–Crippen LogP) is 2.39. The topological polar surface area (TPSA) is 64.0 Å². The van der Waals surface area contributed by atoms with Crippen LogP contribution in [0.25, 0.3) is 11.3 Å². The van der Waals surface area contributed by atoms with Gasteiger partial charge in [-0.2, -0.15) is 0 Å². The van der Waals surface area contributed by atoms with E-state index in [-0.39, 0.29) is 6.10 Å². The second kappa shape index (κ2) is 5.96. The van der Waals surface area contributed by atoms with Crippen LogP contribution in [0.3, 0.4) is 0 Å². The van der Waals surface area contributed by atoms with Gasteiger partial charge in [0.15, 0.2) is 0 Å². The Labute approximate surface area is 129 Å². The number of anilines is 1. The molecular weight excluding hydrogens is 278 g/mol. The van der Waals surface area contributed by atoms with Crippen molar-refractivity contribution in [2.75, 3.05) is 24.6 Å². The molecule has 4 rings (SSSR count). The molecule has 114 valence electrons. The number of ether oxygens (including phenoxy) is 1. The van der Waals surface area contributed by atoms with E-state index in [0.717, 1.165) is 55.4 Å². The highest BCUT2D eigenvalue weighted by atomic mass is 16.5. The van der Waals surface area contributed by atoms with Crippen LogP contribution in [0, 0.1) is 0 Å². The zero-order chi connectivity index (χ0) is 14.8. The van der Waals surface area contributed by atoms with E-state index >= 15 is 0 Å². The first-order valence-electron chi connectivity index (χ1n) is 7.92. The average molecular weight is 297 g/mol. The fraction of sp³-hybridized carbons (Fsp3) is 0.500. The van der Waals surface area contributed by atoms with Crippen molar-refractivity contribution in [3.05, 3.63) is 30.5 Å². The Hall–Kier alpha value is -2.08. The number of nitrogens with zero attached hydrogens (tertiary/aromatic N) is 5. The Morgan fingerprint density at radius 1 is 1.05 bits per heavy atom. The van der Waals surface area contributed by atoms with Crippen molar-refractivity contribution >= 4 is 5.95 Å². The third-order valence-electron chi connectivity index (χ3n) is 4.27. The van der Waals surface area contributed by atoms with Crippen LogP contribution in [0.2, 0.25) is 0 Å². The molecule has 4 heterocycles. The first kappa shape index (κ1) is 13.6. The Morgan fingerprint density at radius 2 is 1.95 bits per heavy atom. The molecule has 0 radical (unpaired) electrons. The van der Waals surface area contributed by atoms with Crippen LogP contribution in [0.15, 0.2) is 24.8 Å². The monoisotopic (exact) mass is 297 g/mol. The molecule has 0 spiro atoms. The summed E-state index contributed by atoms with van der Waals surface area (Å²) in [6.45, 7) is 2.87. The highest BCUT2D eigenvalue weighted by molar-refractivity contribution is 5.61. The summed E-state index contributed by atoms with van der Waals surface area (Å²) < 4.78 is 5.86. The van der Waals surface area contributed by atoms with Crippen molar-refractivity contribution in [2.45, 2.75) is 31.8 Å². The lowest BCUT2D eigenvalue weighted by Crippen LogP contribution is -2.21. The highest BCUT2D eigenvalue weighted by Crippen LogP contribution is 2.34. The van der Waals surface area contributed by atoms with Crippen molar-refractivity contribution < 1.29 is 4.74 Å². The predicted molar refractivity (Wildman–Crippen MR) is 82.4 cm³/mol. The molecule has 0 N–H and O–H groups in total. The fourth-order valence-corrected chi connectivity index (χ4v) is 3.13. The van der Waals surface area contributed by atoms with Gasteiger partial charge in [-0.3, -0.25) is 9.97 Å². The summed E-state index contributed by atoms with van der Waals surface area (Å²) in [7, 11) is 0. The molecule has 2 fully saturated rings. The van der Waals surface area contributed by atoms with E-state index in [4.69, 9.17) is 9.72 Å². The van der Waals surface area contributed by atoms with Crippen LogP contribution in [-0.2, 0) is 4.74 Å². The largest absolute Gasteiger partial charge is 0.372 e. The second-order valence-corrected chi connectivity index (χ2v) is 5.76. The zero-order valence-electron chi connectivity index (χ0n) is 12.5. The first-order valence-corrected chi connectivity index (χ1v) is 7.92. The smallest absolute Gasteiger partial charge is 0.225 e. The van der Waals surface area contributed by atoms with Gasteiger partial charge < -0.3 is 9.64 Å². The highest BCUT2D eigenvalue weighted by Gasteiger charge is 2.26. The normalized spacial score (nSPS) is 21.5. The van der Waals surface area contributed by atoms with E-state index in [1.165, 1.54) is 12.8 Å². The number of hydrogen-bond donors (Lipinski definition) is 0. The average Bonchev–Trinajstić information content (AvgIpc) is 3.29. The fourth-order valence-electron chi connectivity index (χ4n) is 3.13. The standard InChI is InChI=1S/C16H19N5O/c1-2-8-21(7-1)16-19-10-12(13-11-17-5-6-18-13)15(20-16)14-4-3-9-22-14/h5-6,10-11,14H,1-4,7-9H2/t14-/m0/s1. The molecular formula is C16H19N5O. The summed E-state index contributed by atoms with van der Waals surface area (Å²) in [5.74, 6) is 0.815. The molecule has 2 aliphatic rings. The molecule has 6 nitrogen and oxygen atoms in total. The van der Waals surface area contributed by atoms with Gasteiger partial charge in [-0.25, -0.2) is 9.97 Å². The Balaban J connectivity index is 1.76. The summed E-state index contributed by atoms with van der Waals surface area (Å²) in [5, 5.41) is 0. The van der Waals surface area contributed by atoms with Crippen LogP contribution >= 0.6 is 0 Å². The quantitative estimate of drug-likeness (QED) is 0.866. The summed E-state index contributed by atoms with van der Waals surface area (Å²) in [6, 6.07) is 0. The lowest BCUT2D eigenvalue weighted by molar-refractivity contribution is 0.109.